The summed E-state index contributed by atoms with van der Waals surface area (Å²) in [6.07, 6.45) is -1.36. The Morgan fingerprint density at radius 3 is 2.72 bits per heavy atom. The SMILES string of the molecule is CN1CCC[C@@H](Nc2nnc(-c3ccc(OC(F)F)cc3OC(F)(F)F)c3cccn23)C1. The number of hydrogen-bond donors (Lipinski definition) is 1. The summed E-state index contributed by atoms with van der Waals surface area (Å²) in [5, 5.41) is 11.6. The van der Waals surface area contributed by atoms with Crippen molar-refractivity contribution in [3.8, 4) is 22.8 Å². The number of anilines is 1. The van der Waals surface area contributed by atoms with E-state index in [1.807, 2.05) is 7.05 Å². The summed E-state index contributed by atoms with van der Waals surface area (Å²) in [4.78, 5) is 2.19. The molecular weight excluding hydrogens is 437 g/mol. The van der Waals surface area contributed by atoms with Crippen LogP contribution in [0.2, 0.25) is 0 Å². The van der Waals surface area contributed by atoms with Gasteiger partial charge in [-0.15, -0.1) is 23.4 Å². The van der Waals surface area contributed by atoms with E-state index in [-0.39, 0.29) is 17.3 Å². The van der Waals surface area contributed by atoms with Gasteiger partial charge in [-0.3, -0.25) is 4.40 Å². The third kappa shape index (κ3) is 5.01. The van der Waals surface area contributed by atoms with Gasteiger partial charge in [0.1, 0.15) is 17.2 Å². The molecule has 0 aliphatic carbocycles. The molecule has 1 aliphatic heterocycles. The van der Waals surface area contributed by atoms with Crippen molar-refractivity contribution in [2.24, 2.45) is 0 Å². The lowest BCUT2D eigenvalue weighted by Gasteiger charge is -2.30. The molecule has 0 saturated carbocycles. The Kier molecular flexibility index (Phi) is 6.04. The molecule has 1 aromatic carbocycles. The predicted molar refractivity (Wildman–Crippen MR) is 106 cm³/mol. The van der Waals surface area contributed by atoms with Gasteiger partial charge in [0.25, 0.3) is 0 Å². The predicted octanol–water partition coefficient (Wildman–Crippen LogP) is 4.40. The summed E-state index contributed by atoms with van der Waals surface area (Å²) in [6.45, 7) is -1.36. The van der Waals surface area contributed by atoms with Crippen molar-refractivity contribution in [1.29, 1.82) is 0 Å². The van der Waals surface area contributed by atoms with Gasteiger partial charge in [-0.2, -0.15) is 8.78 Å². The summed E-state index contributed by atoms with van der Waals surface area (Å²) in [7, 11) is 2.03. The van der Waals surface area contributed by atoms with Crippen LogP contribution in [-0.2, 0) is 0 Å². The summed E-state index contributed by atoms with van der Waals surface area (Å²) in [5.41, 5.74) is 0.509. The van der Waals surface area contributed by atoms with E-state index < -0.39 is 24.5 Å². The molecule has 3 aromatic rings. The van der Waals surface area contributed by atoms with Gasteiger partial charge >= 0.3 is 13.0 Å². The second kappa shape index (κ2) is 8.77. The van der Waals surface area contributed by atoms with Gasteiger partial charge in [-0.05, 0) is 50.7 Å². The molecule has 1 N–H and O–H groups in total. The molecule has 2 aromatic heterocycles. The van der Waals surface area contributed by atoms with E-state index in [2.05, 4.69) is 29.9 Å². The molecule has 0 spiro atoms. The number of piperidine rings is 1. The smallest absolute Gasteiger partial charge is 0.435 e. The van der Waals surface area contributed by atoms with E-state index in [4.69, 9.17) is 0 Å². The molecule has 0 radical (unpaired) electrons. The molecule has 1 fully saturated rings. The molecule has 1 aliphatic rings. The first-order valence-corrected chi connectivity index (χ1v) is 9.83. The van der Waals surface area contributed by atoms with E-state index in [0.29, 0.717) is 11.5 Å². The Balaban J connectivity index is 1.72. The van der Waals surface area contributed by atoms with Crippen LogP contribution in [0, 0.1) is 0 Å². The number of halogens is 5. The first-order valence-electron chi connectivity index (χ1n) is 9.83. The first kappa shape index (κ1) is 22.1. The molecule has 3 heterocycles. The van der Waals surface area contributed by atoms with Crippen LogP contribution in [0.4, 0.5) is 27.9 Å². The zero-order valence-electron chi connectivity index (χ0n) is 16.9. The average Bonchev–Trinajstić information content (AvgIpc) is 3.18. The molecule has 1 atom stereocenters. The largest absolute Gasteiger partial charge is 0.573 e. The molecule has 32 heavy (non-hydrogen) atoms. The van der Waals surface area contributed by atoms with Crippen LogP contribution < -0.4 is 14.8 Å². The Bertz CT molecular complexity index is 1090. The van der Waals surface area contributed by atoms with Crippen LogP contribution in [0.25, 0.3) is 16.8 Å². The zero-order valence-corrected chi connectivity index (χ0v) is 16.9. The van der Waals surface area contributed by atoms with Crippen molar-refractivity contribution in [2.45, 2.75) is 31.9 Å². The molecule has 172 valence electrons. The highest BCUT2D eigenvalue weighted by Crippen LogP contribution is 2.38. The van der Waals surface area contributed by atoms with Gasteiger partial charge in [0.2, 0.25) is 5.95 Å². The molecule has 12 heteroatoms. The molecule has 0 bridgehead atoms. The van der Waals surface area contributed by atoms with Gasteiger partial charge in [-0.25, -0.2) is 0 Å². The number of aromatic nitrogens is 3. The third-order valence-corrected chi connectivity index (χ3v) is 5.08. The summed E-state index contributed by atoms with van der Waals surface area (Å²) < 4.78 is 73.9. The Labute approximate surface area is 179 Å². The van der Waals surface area contributed by atoms with E-state index in [1.54, 1.807) is 22.7 Å². The van der Waals surface area contributed by atoms with E-state index in [9.17, 15) is 22.0 Å². The van der Waals surface area contributed by atoms with Crippen LogP contribution in [0.3, 0.4) is 0 Å². The highest BCUT2D eigenvalue weighted by atomic mass is 19.4. The Morgan fingerprint density at radius 2 is 2.00 bits per heavy atom. The number of likely N-dealkylation sites (tertiary alicyclic amines) is 1. The fourth-order valence-electron chi connectivity index (χ4n) is 3.80. The molecule has 1 saturated heterocycles. The highest BCUT2D eigenvalue weighted by molar-refractivity contribution is 5.81. The van der Waals surface area contributed by atoms with Gasteiger partial charge in [0.05, 0.1) is 5.52 Å². The van der Waals surface area contributed by atoms with Gasteiger partial charge < -0.3 is 19.7 Å². The van der Waals surface area contributed by atoms with Crippen LogP contribution in [0.1, 0.15) is 12.8 Å². The molecule has 0 unspecified atom stereocenters. The van der Waals surface area contributed by atoms with Crippen LogP contribution in [0.5, 0.6) is 11.5 Å². The summed E-state index contributed by atoms with van der Waals surface area (Å²) in [6, 6.07) is 6.58. The lowest BCUT2D eigenvalue weighted by Crippen LogP contribution is -2.40. The van der Waals surface area contributed by atoms with Gasteiger partial charge in [0.15, 0.2) is 0 Å². The minimum Gasteiger partial charge on any atom is -0.435 e. The number of ether oxygens (including phenoxy) is 2. The lowest BCUT2D eigenvalue weighted by atomic mass is 10.1. The quantitative estimate of drug-likeness (QED) is 0.554. The van der Waals surface area contributed by atoms with Crippen molar-refractivity contribution in [2.75, 3.05) is 25.5 Å². The molecule has 0 amide bonds. The van der Waals surface area contributed by atoms with Crippen molar-refractivity contribution in [3.05, 3.63) is 36.5 Å². The normalized spacial score (nSPS) is 17.7. The van der Waals surface area contributed by atoms with E-state index >= 15 is 0 Å². The fraction of sp³-hybridized carbons (Fsp3) is 0.400. The number of alkyl halides is 5. The zero-order chi connectivity index (χ0) is 22.9. The average molecular weight is 457 g/mol. The van der Waals surface area contributed by atoms with E-state index in [1.165, 1.54) is 6.07 Å². The maximum Gasteiger partial charge on any atom is 0.573 e. The number of hydrogen-bond acceptors (Lipinski definition) is 6. The number of fused-ring (bicyclic) bond motifs is 1. The van der Waals surface area contributed by atoms with Crippen LogP contribution in [-0.4, -0.2) is 58.7 Å². The monoisotopic (exact) mass is 457 g/mol. The van der Waals surface area contributed by atoms with E-state index in [0.717, 1.165) is 38.1 Å². The molecule has 7 nitrogen and oxygen atoms in total. The molecule has 4 rings (SSSR count). The number of nitrogens with zero attached hydrogens (tertiary/aromatic N) is 4. The summed E-state index contributed by atoms with van der Waals surface area (Å²) >= 11 is 0. The third-order valence-electron chi connectivity index (χ3n) is 5.08. The molecular formula is C20H20F5N5O2. The van der Waals surface area contributed by atoms with Gasteiger partial charge in [-0.1, -0.05) is 0 Å². The van der Waals surface area contributed by atoms with Crippen molar-refractivity contribution in [3.63, 3.8) is 0 Å². The van der Waals surface area contributed by atoms with Gasteiger partial charge in [0, 0.05) is 30.4 Å². The Hall–Kier alpha value is -3.15. The van der Waals surface area contributed by atoms with Crippen molar-refractivity contribution < 1.29 is 31.4 Å². The van der Waals surface area contributed by atoms with Crippen LogP contribution >= 0.6 is 0 Å². The minimum absolute atomic E-state index is 0.0657. The second-order valence-electron chi connectivity index (χ2n) is 7.47. The standard InChI is InChI=1S/C20H20F5N5O2/c1-29-8-2-4-12(11-29)26-19-28-27-17(15-5-3-9-30(15)19)14-7-6-13(31-18(21)22)10-16(14)32-20(23,24)25/h3,5-7,9-10,12,18H,2,4,8,11H2,1H3,(H,26,28)/t12-/m1/s1. The number of nitrogens with one attached hydrogen (secondary N) is 1. The van der Waals surface area contributed by atoms with Crippen molar-refractivity contribution >= 4 is 11.5 Å². The number of benzene rings is 1. The number of rotatable bonds is 6. The minimum atomic E-state index is -5.04. The lowest BCUT2D eigenvalue weighted by molar-refractivity contribution is -0.274. The summed E-state index contributed by atoms with van der Waals surface area (Å²) in [5.74, 6) is -0.741. The number of likely N-dealkylation sites (N-methyl/N-ethyl adjacent to an activating group) is 1. The first-order chi connectivity index (χ1) is 15.2. The highest BCUT2D eigenvalue weighted by Gasteiger charge is 2.33. The second-order valence-corrected chi connectivity index (χ2v) is 7.47. The topological polar surface area (TPSA) is 63.9 Å². The maximum atomic E-state index is 13.0. The van der Waals surface area contributed by atoms with Crippen LogP contribution in [0.15, 0.2) is 36.5 Å². The van der Waals surface area contributed by atoms with Crippen molar-refractivity contribution in [1.82, 2.24) is 19.5 Å². The fourth-order valence-corrected chi connectivity index (χ4v) is 3.80. The Morgan fingerprint density at radius 1 is 1.19 bits per heavy atom. The maximum absolute atomic E-state index is 13.0.